The van der Waals surface area contributed by atoms with Gasteiger partial charge >= 0.3 is 51.4 Å². The average Bonchev–Trinajstić information content (AvgIpc) is 2.37. The van der Waals surface area contributed by atoms with E-state index < -0.39 is 29.7 Å². The van der Waals surface area contributed by atoms with Gasteiger partial charge in [0.1, 0.15) is 0 Å². The van der Waals surface area contributed by atoms with Crippen LogP contribution < -0.4 is 51.4 Å². The van der Waals surface area contributed by atoms with Crippen molar-refractivity contribution in [1.82, 2.24) is 0 Å². The van der Waals surface area contributed by atoms with E-state index in [4.69, 9.17) is 0 Å². The second-order valence-corrected chi connectivity index (χ2v) is 8.05. The number of sulfone groups is 1. The summed E-state index contributed by atoms with van der Waals surface area (Å²) in [6.45, 7) is 3.45. The molecule has 111 valence electrons. The maximum absolute atomic E-state index is 12.6. The molecule has 0 amide bonds. The topological polar surface area (TPSA) is 90.6 Å². The van der Waals surface area contributed by atoms with Crippen LogP contribution in [0.4, 0.5) is 0 Å². The molecule has 0 saturated heterocycles. The van der Waals surface area contributed by atoms with Crippen LogP contribution in [-0.4, -0.2) is 16.8 Å². The van der Waals surface area contributed by atoms with Crippen molar-refractivity contribution in [3.05, 3.63) is 58.7 Å². The Morgan fingerprint density at radius 1 is 0.773 bits per heavy atom. The zero-order chi connectivity index (χ0) is 15.8. The maximum atomic E-state index is 12.6. The minimum Gasteiger partial charge on any atom is -0.678 e. The summed E-state index contributed by atoms with van der Waals surface area (Å²) in [7, 11) is -8.66. The fourth-order valence-corrected chi connectivity index (χ4v) is 4.50. The molecule has 0 aliphatic carbocycles. The number of nitrogens with zero attached hydrogens (tertiary/aromatic N) is 1. The van der Waals surface area contributed by atoms with Crippen LogP contribution in [0.25, 0.3) is 5.14 Å². The predicted molar refractivity (Wildman–Crippen MR) is 78.4 cm³/mol. The van der Waals surface area contributed by atoms with Crippen molar-refractivity contribution in [2.24, 2.45) is 0 Å². The Kier molecular flexibility index (Phi) is 6.56. The third-order valence-corrected chi connectivity index (χ3v) is 5.85. The summed E-state index contributed by atoms with van der Waals surface area (Å²) < 4.78 is 48.0. The molecule has 0 saturated carbocycles. The summed E-state index contributed by atoms with van der Waals surface area (Å²) in [5.41, 5.74) is 1.46. The van der Waals surface area contributed by atoms with Crippen LogP contribution in [0, 0.1) is 13.8 Å². The van der Waals surface area contributed by atoms with Gasteiger partial charge in [0.15, 0.2) is 0 Å². The summed E-state index contributed by atoms with van der Waals surface area (Å²) in [6.07, 6.45) is 0. The Hall–Kier alpha value is -0.0636. The zero-order valence-corrected chi connectivity index (χ0v) is 17.2. The van der Waals surface area contributed by atoms with Gasteiger partial charge in [-0.05, 0) is 43.7 Å². The molecule has 0 bridgehead atoms. The van der Waals surface area contributed by atoms with Crippen molar-refractivity contribution in [2.45, 2.75) is 28.5 Å². The van der Waals surface area contributed by atoms with Gasteiger partial charge in [0.05, 0.1) is 24.7 Å². The number of benzene rings is 2. The van der Waals surface area contributed by atoms with Crippen LogP contribution >= 0.6 is 0 Å². The monoisotopic (exact) mass is 362 g/mol. The fourth-order valence-electron chi connectivity index (χ4n) is 1.88. The van der Waals surface area contributed by atoms with Crippen molar-refractivity contribution < 1.29 is 68.2 Å². The van der Waals surface area contributed by atoms with Gasteiger partial charge < -0.3 is 5.14 Å². The first kappa shape index (κ1) is 20.0. The molecule has 0 spiro atoms. The largest absolute Gasteiger partial charge is 1.00 e. The zero-order valence-electron chi connectivity index (χ0n) is 12.4. The first-order chi connectivity index (χ1) is 9.62. The van der Waals surface area contributed by atoms with Crippen LogP contribution in [0.5, 0.6) is 0 Å². The van der Waals surface area contributed by atoms with Crippen LogP contribution in [-0.2, 0) is 19.9 Å². The van der Waals surface area contributed by atoms with Crippen LogP contribution in [0.1, 0.15) is 11.1 Å². The molecule has 2 aromatic rings. The van der Waals surface area contributed by atoms with Gasteiger partial charge in [-0.3, -0.25) is 0 Å². The number of hydrogen-bond acceptors (Lipinski definition) is 4. The Labute approximate surface area is 173 Å². The molecule has 0 unspecified atom stereocenters. The van der Waals surface area contributed by atoms with Gasteiger partial charge in [-0.2, -0.15) is 0 Å². The standard InChI is InChI=1S/C14H13NO4S2.K/c1-10-3-6-12(7-4-10)20(16,17)14-9-11(2)5-8-13(14)21(15,18)19;/h3-9H,1-2H3;/q-1;+1. The number of sulfonamides is 1. The third-order valence-electron chi connectivity index (χ3n) is 3.00. The molecule has 0 aliphatic rings. The van der Waals surface area contributed by atoms with E-state index in [9.17, 15) is 22.0 Å². The van der Waals surface area contributed by atoms with Crippen molar-refractivity contribution in [2.75, 3.05) is 0 Å². The molecule has 2 aromatic carbocycles. The first-order valence-electron chi connectivity index (χ1n) is 6.02. The van der Waals surface area contributed by atoms with E-state index in [1.165, 1.54) is 24.3 Å². The molecule has 0 aromatic heterocycles. The number of rotatable bonds is 3. The molecule has 22 heavy (non-hydrogen) atoms. The van der Waals surface area contributed by atoms with E-state index in [0.717, 1.165) is 11.6 Å². The van der Waals surface area contributed by atoms with E-state index in [1.54, 1.807) is 19.1 Å². The fraction of sp³-hybridized carbons (Fsp3) is 0.143. The molecule has 0 aliphatic heterocycles. The van der Waals surface area contributed by atoms with Crippen molar-refractivity contribution >= 4 is 19.9 Å². The molecule has 8 heteroatoms. The van der Waals surface area contributed by atoms with Gasteiger partial charge in [-0.1, -0.05) is 23.8 Å². The van der Waals surface area contributed by atoms with Gasteiger partial charge in [-0.15, -0.1) is 0 Å². The summed E-state index contributed by atoms with van der Waals surface area (Å²) in [6, 6.07) is 9.80. The Morgan fingerprint density at radius 2 is 1.27 bits per heavy atom. The molecule has 0 heterocycles. The van der Waals surface area contributed by atoms with Gasteiger partial charge in [-0.25, -0.2) is 16.8 Å². The molecule has 0 N–H and O–H groups in total. The summed E-state index contributed by atoms with van der Waals surface area (Å²) in [4.78, 5) is -1.06. The number of hydrogen-bond donors (Lipinski definition) is 0. The minimum absolute atomic E-state index is 0. The van der Waals surface area contributed by atoms with E-state index in [-0.39, 0.29) is 56.3 Å². The summed E-state index contributed by atoms with van der Waals surface area (Å²) in [5, 5.41) is 9.22. The predicted octanol–water partition coefficient (Wildman–Crippen LogP) is -0.333. The van der Waals surface area contributed by atoms with Crippen LogP contribution in [0.15, 0.2) is 57.2 Å². The van der Waals surface area contributed by atoms with E-state index in [1.807, 2.05) is 6.92 Å². The van der Waals surface area contributed by atoms with E-state index in [2.05, 4.69) is 0 Å². The smallest absolute Gasteiger partial charge is 0.678 e. The molecule has 0 atom stereocenters. The Morgan fingerprint density at radius 3 is 1.77 bits per heavy atom. The van der Waals surface area contributed by atoms with Gasteiger partial charge in [0, 0.05) is 0 Å². The SMILES string of the molecule is Cc1ccc(S(=O)(=O)c2cc(C)ccc2S([N-])(=O)=O)cc1.[K+]. The second kappa shape index (κ2) is 7.23. The summed E-state index contributed by atoms with van der Waals surface area (Å²) >= 11 is 0. The van der Waals surface area contributed by atoms with Gasteiger partial charge in [0.2, 0.25) is 9.84 Å². The first-order valence-corrected chi connectivity index (χ1v) is 8.94. The Bertz CT molecular complexity index is 889. The molecule has 2 rings (SSSR count). The quantitative estimate of drug-likeness (QED) is 0.699. The van der Waals surface area contributed by atoms with Crippen molar-refractivity contribution in [1.29, 1.82) is 0 Å². The molecule has 5 nitrogen and oxygen atoms in total. The van der Waals surface area contributed by atoms with Crippen LogP contribution in [0.3, 0.4) is 0 Å². The van der Waals surface area contributed by atoms with Crippen molar-refractivity contribution in [3.63, 3.8) is 0 Å². The maximum Gasteiger partial charge on any atom is 1.00 e. The Balaban J connectivity index is 0.00000242. The molecule has 0 fully saturated rings. The second-order valence-electron chi connectivity index (χ2n) is 4.74. The molecular formula is C14H13KNO4S2. The average molecular weight is 362 g/mol. The third kappa shape index (κ3) is 4.27. The molecule has 1 radical (unpaired) electrons. The van der Waals surface area contributed by atoms with Gasteiger partial charge in [0.25, 0.3) is 0 Å². The number of aryl methyl sites for hydroxylation is 2. The van der Waals surface area contributed by atoms with Crippen molar-refractivity contribution in [3.8, 4) is 0 Å². The molecular weight excluding hydrogens is 349 g/mol. The summed E-state index contributed by atoms with van der Waals surface area (Å²) in [5.74, 6) is 0. The van der Waals surface area contributed by atoms with E-state index >= 15 is 0 Å². The normalized spacial score (nSPS) is 11.8. The minimum atomic E-state index is -4.63. The van der Waals surface area contributed by atoms with E-state index in [0.29, 0.717) is 5.56 Å². The van der Waals surface area contributed by atoms with Crippen LogP contribution in [0.2, 0.25) is 0 Å².